The molecule has 0 unspecified atom stereocenters. The minimum Gasteiger partial charge on any atom is -0.369 e. The zero-order valence-corrected chi connectivity index (χ0v) is 13.5. The van der Waals surface area contributed by atoms with Gasteiger partial charge in [0.1, 0.15) is 11.4 Å². The van der Waals surface area contributed by atoms with Crippen molar-refractivity contribution < 1.29 is 9.31 Å². The van der Waals surface area contributed by atoms with Crippen molar-refractivity contribution in [2.75, 3.05) is 4.90 Å². The summed E-state index contributed by atoms with van der Waals surface area (Å²) in [6, 6.07) is 1.90. The molecule has 1 aliphatic heterocycles. The summed E-state index contributed by atoms with van der Waals surface area (Å²) in [5.41, 5.74) is 10.4. The van der Waals surface area contributed by atoms with E-state index in [1.165, 1.54) is 4.90 Å². The van der Waals surface area contributed by atoms with Crippen LogP contribution in [0.5, 0.6) is 0 Å². The smallest absolute Gasteiger partial charge is 0.274 e. The third-order valence-corrected chi connectivity index (χ3v) is 4.58. The Kier molecular flexibility index (Phi) is 4.04. The lowest BCUT2D eigenvalue weighted by atomic mass is 9.87. The van der Waals surface area contributed by atoms with E-state index in [1.807, 2.05) is 0 Å². The predicted octanol–water partition coefficient (Wildman–Crippen LogP) is 2.50. The van der Waals surface area contributed by atoms with Crippen LogP contribution in [0.25, 0.3) is 0 Å². The topological polar surface area (TPSA) is 123 Å². The van der Waals surface area contributed by atoms with E-state index < -0.39 is 22.1 Å². The van der Waals surface area contributed by atoms with E-state index in [2.05, 4.69) is 9.98 Å². The maximum Gasteiger partial charge on any atom is 0.274 e. The molecule has 3 rings (SSSR count). The fourth-order valence-electron chi connectivity index (χ4n) is 3.32. The molecule has 0 atom stereocenters. The Morgan fingerprint density at radius 3 is 2.54 bits per heavy atom. The van der Waals surface area contributed by atoms with E-state index in [1.54, 1.807) is 0 Å². The third kappa shape index (κ3) is 2.64. The molecule has 10 heteroatoms. The van der Waals surface area contributed by atoms with Crippen molar-refractivity contribution in [2.45, 2.75) is 37.8 Å². The van der Waals surface area contributed by atoms with Gasteiger partial charge in [-0.05, 0) is 25.7 Å². The van der Waals surface area contributed by atoms with Gasteiger partial charge >= 0.3 is 0 Å². The molecule has 1 aliphatic carbocycles. The van der Waals surface area contributed by atoms with Crippen molar-refractivity contribution in [3.8, 4) is 0 Å². The molecule has 1 fully saturated rings. The maximum atomic E-state index is 14.6. The van der Waals surface area contributed by atoms with Crippen LogP contribution in [0.2, 0.25) is 5.02 Å². The molecule has 24 heavy (non-hydrogen) atoms. The average molecular weight is 355 g/mol. The number of nitro benzene ring substituents is 1. The van der Waals surface area contributed by atoms with Crippen molar-refractivity contribution in [3.63, 3.8) is 0 Å². The highest BCUT2D eigenvalue weighted by Gasteiger charge is 2.44. The average Bonchev–Trinajstić information content (AvgIpc) is 2.49. The minimum absolute atomic E-state index is 0.0287. The molecule has 1 saturated carbocycles. The number of benzene rings is 1. The lowest BCUT2D eigenvalue weighted by molar-refractivity contribution is -0.385. The number of anilines is 1. The highest BCUT2D eigenvalue weighted by molar-refractivity contribution is 6.34. The number of hydrogen-bond acceptors (Lipinski definition) is 7. The lowest BCUT2D eigenvalue weighted by Crippen LogP contribution is -2.58. The number of nitrogens with two attached hydrogens (primary N) is 2. The number of aliphatic imine (C=N–C) groups is 2. The molecule has 0 radical (unpaired) electrons. The number of guanidine groups is 2. The SMILES string of the molecule is NC1=NC2(CCCCC2)N(c2c(F)cc([N+](=O)[O-])cc2Cl)C(N)=N1. The monoisotopic (exact) mass is 354 g/mol. The molecule has 0 aromatic heterocycles. The highest BCUT2D eigenvalue weighted by atomic mass is 35.5. The van der Waals surface area contributed by atoms with Crippen molar-refractivity contribution in [3.05, 3.63) is 33.1 Å². The zero-order chi connectivity index (χ0) is 17.5. The second-order valence-corrected chi connectivity index (χ2v) is 6.24. The largest absolute Gasteiger partial charge is 0.369 e. The number of nitrogens with zero attached hydrogens (tertiary/aromatic N) is 4. The van der Waals surface area contributed by atoms with E-state index in [9.17, 15) is 14.5 Å². The van der Waals surface area contributed by atoms with Gasteiger partial charge in [-0.2, -0.15) is 4.99 Å². The molecule has 128 valence electrons. The van der Waals surface area contributed by atoms with Gasteiger partial charge in [-0.15, -0.1) is 0 Å². The first-order chi connectivity index (χ1) is 11.3. The van der Waals surface area contributed by atoms with Crippen molar-refractivity contribution in [1.82, 2.24) is 0 Å². The third-order valence-electron chi connectivity index (χ3n) is 4.29. The highest BCUT2D eigenvalue weighted by Crippen LogP contribution is 2.43. The van der Waals surface area contributed by atoms with Crippen molar-refractivity contribution >= 4 is 34.9 Å². The summed E-state index contributed by atoms with van der Waals surface area (Å²) in [6.07, 6.45) is 3.98. The van der Waals surface area contributed by atoms with E-state index in [0.717, 1.165) is 31.4 Å². The van der Waals surface area contributed by atoms with Crippen LogP contribution >= 0.6 is 11.6 Å². The summed E-state index contributed by atoms with van der Waals surface area (Å²) >= 11 is 6.14. The number of non-ortho nitro benzene ring substituents is 1. The molecule has 4 N–H and O–H groups in total. The van der Waals surface area contributed by atoms with Gasteiger partial charge in [0.15, 0.2) is 5.82 Å². The quantitative estimate of drug-likeness (QED) is 0.623. The van der Waals surface area contributed by atoms with Crippen LogP contribution in [-0.4, -0.2) is 22.5 Å². The van der Waals surface area contributed by atoms with Crippen LogP contribution in [0.15, 0.2) is 22.1 Å². The molecular formula is C14H16ClFN6O2. The van der Waals surface area contributed by atoms with Crippen LogP contribution < -0.4 is 16.4 Å². The number of nitro groups is 1. The van der Waals surface area contributed by atoms with Gasteiger partial charge in [0.25, 0.3) is 5.69 Å². The Morgan fingerprint density at radius 1 is 1.29 bits per heavy atom. The summed E-state index contributed by atoms with van der Waals surface area (Å²) in [4.78, 5) is 19.9. The summed E-state index contributed by atoms with van der Waals surface area (Å²) in [5.74, 6) is -0.851. The molecule has 0 amide bonds. The van der Waals surface area contributed by atoms with Crippen LogP contribution in [-0.2, 0) is 0 Å². The van der Waals surface area contributed by atoms with Gasteiger partial charge in [0.2, 0.25) is 11.9 Å². The molecular weight excluding hydrogens is 339 g/mol. The zero-order valence-electron chi connectivity index (χ0n) is 12.7. The molecule has 1 aromatic carbocycles. The maximum absolute atomic E-state index is 14.6. The number of hydrogen-bond donors (Lipinski definition) is 2. The second-order valence-electron chi connectivity index (χ2n) is 5.83. The Hall–Kier alpha value is -2.42. The van der Waals surface area contributed by atoms with E-state index in [0.29, 0.717) is 12.8 Å². The van der Waals surface area contributed by atoms with Crippen LogP contribution in [0.4, 0.5) is 15.8 Å². The van der Waals surface area contributed by atoms with E-state index in [4.69, 9.17) is 23.1 Å². The Morgan fingerprint density at radius 2 is 1.96 bits per heavy atom. The van der Waals surface area contributed by atoms with Crippen LogP contribution in [0.1, 0.15) is 32.1 Å². The molecule has 1 aromatic rings. The van der Waals surface area contributed by atoms with Crippen LogP contribution in [0, 0.1) is 15.9 Å². The summed E-state index contributed by atoms with van der Waals surface area (Å²) in [7, 11) is 0. The standard InChI is InChI=1S/C14H16ClFN6O2/c15-9-6-8(22(23)24)7-10(16)11(9)21-13(18)19-12(17)20-14(21)4-2-1-3-5-14/h6-7H,1-5H2,(H4,17,18,19,20). The Bertz CT molecular complexity index is 737. The lowest BCUT2D eigenvalue weighted by Gasteiger charge is -2.45. The van der Waals surface area contributed by atoms with Gasteiger partial charge in [-0.3, -0.25) is 15.0 Å². The van der Waals surface area contributed by atoms with Gasteiger partial charge in [-0.25, -0.2) is 9.38 Å². The molecule has 0 saturated heterocycles. The normalized spacial score (nSPS) is 19.8. The number of halogens is 2. The first-order valence-electron chi connectivity index (χ1n) is 7.47. The van der Waals surface area contributed by atoms with Crippen molar-refractivity contribution in [1.29, 1.82) is 0 Å². The second kappa shape index (κ2) is 5.90. The number of rotatable bonds is 2. The Labute approximate surface area is 142 Å². The fourth-order valence-corrected chi connectivity index (χ4v) is 3.60. The van der Waals surface area contributed by atoms with Gasteiger partial charge in [0.05, 0.1) is 16.0 Å². The first kappa shape index (κ1) is 16.4. The minimum atomic E-state index is -0.866. The fraction of sp³-hybridized carbons (Fsp3) is 0.429. The van der Waals surface area contributed by atoms with Crippen LogP contribution in [0.3, 0.4) is 0 Å². The van der Waals surface area contributed by atoms with Crippen molar-refractivity contribution in [2.24, 2.45) is 21.5 Å². The molecule has 8 nitrogen and oxygen atoms in total. The summed E-state index contributed by atoms with van der Waals surface area (Å²) in [5, 5.41) is 10.8. The van der Waals surface area contributed by atoms with E-state index in [-0.39, 0.29) is 22.6 Å². The Balaban J connectivity index is 2.16. The predicted molar refractivity (Wildman–Crippen MR) is 89.6 cm³/mol. The van der Waals surface area contributed by atoms with Gasteiger partial charge < -0.3 is 11.5 Å². The first-order valence-corrected chi connectivity index (χ1v) is 7.85. The molecule has 0 bridgehead atoms. The van der Waals surface area contributed by atoms with E-state index >= 15 is 0 Å². The molecule has 1 spiro atoms. The summed E-state index contributed by atoms with van der Waals surface area (Å²) < 4.78 is 14.6. The van der Waals surface area contributed by atoms with Gasteiger partial charge in [0, 0.05) is 6.07 Å². The molecule has 1 heterocycles. The summed E-state index contributed by atoms with van der Waals surface area (Å²) in [6.45, 7) is 0. The van der Waals surface area contributed by atoms with Gasteiger partial charge in [-0.1, -0.05) is 18.0 Å². The molecule has 2 aliphatic rings.